The van der Waals surface area contributed by atoms with Crippen LogP contribution in [-0.2, 0) is 16.0 Å². The predicted molar refractivity (Wildman–Crippen MR) is 94.2 cm³/mol. The van der Waals surface area contributed by atoms with Crippen molar-refractivity contribution in [3.63, 3.8) is 0 Å². The van der Waals surface area contributed by atoms with Crippen LogP contribution in [0.15, 0.2) is 42.5 Å². The molecule has 0 aliphatic rings. The molecular weight excluding hydrogens is 304 g/mol. The van der Waals surface area contributed by atoms with Crippen LogP contribution in [0.4, 0.5) is 0 Å². The molecule has 4 N–H and O–H groups in total. The first-order valence-corrected chi connectivity index (χ1v) is 8.12. The van der Waals surface area contributed by atoms with Gasteiger partial charge in [0.2, 0.25) is 11.8 Å². The Bertz CT molecular complexity index is 727. The number of fused-ring (bicyclic) bond motifs is 1. The number of carbonyl (C=O) groups excluding carboxylic acids is 2. The largest absolute Gasteiger partial charge is 0.383 e. The van der Waals surface area contributed by atoms with Gasteiger partial charge < -0.3 is 16.2 Å². The maximum Gasteiger partial charge on any atom is 0.249 e. The Morgan fingerprint density at radius 1 is 1.12 bits per heavy atom. The van der Waals surface area contributed by atoms with Gasteiger partial charge in [-0.05, 0) is 28.7 Å². The lowest BCUT2D eigenvalue weighted by Crippen LogP contribution is -2.49. The van der Waals surface area contributed by atoms with Crippen molar-refractivity contribution in [3.05, 3.63) is 48.0 Å². The summed E-state index contributed by atoms with van der Waals surface area (Å²) in [6.07, 6.45) is -0.503. The fourth-order valence-electron chi connectivity index (χ4n) is 2.65. The summed E-state index contributed by atoms with van der Waals surface area (Å²) in [7, 11) is 0. The first-order chi connectivity index (χ1) is 11.4. The lowest BCUT2D eigenvalue weighted by molar-refractivity contribution is -0.133. The van der Waals surface area contributed by atoms with E-state index in [4.69, 9.17) is 5.73 Å². The molecule has 5 heteroatoms. The molecule has 2 aromatic carbocycles. The zero-order valence-electron chi connectivity index (χ0n) is 14.0. The van der Waals surface area contributed by atoms with Gasteiger partial charge in [-0.15, -0.1) is 0 Å². The summed E-state index contributed by atoms with van der Waals surface area (Å²) in [5, 5.41) is 14.6. The van der Waals surface area contributed by atoms with E-state index in [9.17, 15) is 14.7 Å². The van der Waals surface area contributed by atoms with E-state index in [0.29, 0.717) is 12.8 Å². The van der Waals surface area contributed by atoms with Gasteiger partial charge in [-0.25, -0.2) is 0 Å². The average Bonchev–Trinajstić information content (AvgIpc) is 2.53. The maximum atomic E-state index is 12.0. The van der Waals surface area contributed by atoms with Gasteiger partial charge in [0.25, 0.3) is 0 Å². The van der Waals surface area contributed by atoms with Crippen LogP contribution in [0.2, 0.25) is 0 Å². The molecule has 2 atom stereocenters. The molecule has 0 saturated carbocycles. The zero-order chi connectivity index (χ0) is 17.7. The number of carbonyl (C=O) groups is 2. The molecule has 2 amide bonds. The summed E-state index contributed by atoms with van der Waals surface area (Å²) in [6.45, 7) is 3.83. The second-order valence-electron chi connectivity index (χ2n) is 6.49. The number of aliphatic hydroxyl groups is 1. The average molecular weight is 328 g/mol. The minimum absolute atomic E-state index is 0.179. The zero-order valence-corrected chi connectivity index (χ0v) is 14.0. The molecule has 0 saturated heterocycles. The smallest absolute Gasteiger partial charge is 0.249 e. The third-order valence-corrected chi connectivity index (χ3v) is 3.91. The number of rotatable bonds is 7. The van der Waals surface area contributed by atoms with Crippen molar-refractivity contribution in [2.45, 2.75) is 38.8 Å². The summed E-state index contributed by atoms with van der Waals surface area (Å²) in [5.41, 5.74) is 6.31. The molecular formula is C19H24N2O3. The van der Waals surface area contributed by atoms with Crippen molar-refractivity contribution in [3.8, 4) is 0 Å². The number of amides is 2. The van der Waals surface area contributed by atoms with E-state index in [0.717, 1.165) is 16.3 Å². The van der Waals surface area contributed by atoms with Crippen LogP contribution in [-0.4, -0.2) is 29.1 Å². The number of primary amides is 1. The van der Waals surface area contributed by atoms with Gasteiger partial charge in [-0.3, -0.25) is 9.59 Å². The standard InChI is InChI=1S/C19H24N2O3/c1-12(2)9-17(22)19(24)21-16(18(20)23)11-13-7-8-14-5-3-4-6-15(14)10-13/h3-8,10,12,16-17,22H,9,11H2,1-2H3,(H2,20,23)(H,21,24)/t16-,17+/m1/s1. The van der Waals surface area contributed by atoms with Crippen LogP contribution in [0.5, 0.6) is 0 Å². The van der Waals surface area contributed by atoms with Crippen molar-refractivity contribution < 1.29 is 14.7 Å². The Hall–Kier alpha value is -2.40. The summed E-state index contributed by atoms with van der Waals surface area (Å²) < 4.78 is 0. The molecule has 5 nitrogen and oxygen atoms in total. The van der Waals surface area contributed by atoms with Crippen LogP contribution in [0.3, 0.4) is 0 Å². The highest BCUT2D eigenvalue weighted by atomic mass is 16.3. The van der Waals surface area contributed by atoms with Crippen LogP contribution in [0, 0.1) is 5.92 Å². The van der Waals surface area contributed by atoms with Gasteiger partial charge in [0.05, 0.1) is 0 Å². The van der Waals surface area contributed by atoms with Crippen LogP contribution in [0.1, 0.15) is 25.8 Å². The third kappa shape index (κ3) is 4.80. The number of hydrogen-bond acceptors (Lipinski definition) is 3. The molecule has 0 bridgehead atoms. The molecule has 0 unspecified atom stereocenters. The Morgan fingerprint density at radius 3 is 2.42 bits per heavy atom. The van der Waals surface area contributed by atoms with E-state index >= 15 is 0 Å². The molecule has 2 aromatic rings. The van der Waals surface area contributed by atoms with Gasteiger partial charge in [0, 0.05) is 6.42 Å². The lowest BCUT2D eigenvalue weighted by atomic mass is 10.0. The highest BCUT2D eigenvalue weighted by Crippen LogP contribution is 2.17. The van der Waals surface area contributed by atoms with Gasteiger partial charge in [-0.2, -0.15) is 0 Å². The van der Waals surface area contributed by atoms with Crippen LogP contribution in [0.25, 0.3) is 10.8 Å². The van der Waals surface area contributed by atoms with Crippen molar-refractivity contribution in [1.29, 1.82) is 0 Å². The second kappa shape index (κ2) is 7.93. The minimum atomic E-state index is -1.14. The number of benzene rings is 2. The normalized spacial score (nSPS) is 13.7. The van der Waals surface area contributed by atoms with Gasteiger partial charge in [0.15, 0.2) is 0 Å². The minimum Gasteiger partial charge on any atom is -0.383 e. The first-order valence-electron chi connectivity index (χ1n) is 8.12. The van der Waals surface area contributed by atoms with Gasteiger partial charge in [0.1, 0.15) is 12.1 Å². The quantitative estimate of drug-likeness (QED) is 0.723. The second-order valence-corrected chi connectivity index (χ2v) is 6.49. The Morgan fingerprint density at radius 2 is 1.79 bits per heavy atom. The van der Waals surface area contributed by atoms with E-state index in [2.05, 4.69) is 5.32 Å². The maximum absolute atomic E-state index is 12.0. The summed E-state index contributed by atoms with van der Waals surface area (Å²) >= 11 is 0. The summed E-state index contributed by atoms with van der Waals surface area (Å²) in [6, 6.07) is 12.9. The van der Waals surface area contributed by atoms with Gasteiger partial charge in [-0.1, -0.05) is 56.3 Å². The van der Waals surface area contributed by atoms with Crippen LogP contribution >= 0.6 is 0 Å². The number of nitrogens with two attached hydrogens (primary N) is 1. The third-order valence-electron chi connectivity index (χ3n) is 3.91. The van der Waals surface area contributed by atoms with Crippen molar-refractivity contribution in [2.24, 2.45) is 11.7 Å². The molecule has 2 rings (SSSR count). The summed E-state index contributed by atoms with van der Waals surface area (Å²) in [4.78, 5) is 23.7. The van der Waals surface area contributed by atoms with Crippen molar-refractivity contribution in [1.82, 2.24) is 5.32 Å². The summed E-state index contributed by atoms with van der Waals surface area (Å²) in [5.74, 6) is -1.00. The van der Waals surface area contributed by atoms with E-state index in [1.165, 1.54) is 0 Å². The van der Waals surface area contributed by atoms with Gasteiger partial charge >= 0.3 is 0 Å². The molecule has 128 valence electrons. The highest BCUT2D eigenvalue weighted by molar-refractivity contribution is 5.89. The Kier molecular flexibility index (Phi) is 5.93. The van der Waals surface area contributed by atoms with Crippen molar-refractivity contribution >= 4 is 22.6 Å². The molecule has 0 aliphatic heterocycles. The lowest BCUT2D eigenvalue weighted by Gasteiger charge is -2.19. The molecule has 0 aliphatic carbocycles. The van der Waals surface area contributed by atoms with E-state index in [-0.39, 0.29) is 5.92 Å². The molecule has 0 aromatic heterocycles. The monoisotopic (exact) mass is 328 g/mol. The van der Waals surface area contributed by atoms with E-state index < -0.39 is 24.0 Å². The SMILES string of the molecule is CC(C)C[C@H](O)C(=O)N[C@H](Cc1ccc2ccccc2c1)C(N)=O. The topological polar surface area (TPSA) is 92.4 Å². The molecule has 0 radical (unpaired) electrons. The fourth-order valence-corrected chi connectivity index (χ4v) is 2.65. The predicted octanol–water partition coefficient (Wildman–Crippen LogP) is 1.76. The number of hydrogen-bond donors (Lipinski definition) is 3. The highest BCUT2D eigenvalue weighted by Gasteiger charge is 2.23. The van der Waals surface area contributed by atoms with E-state index in [1.54, 1.807) is 0 Å². The fraction of sp³-hybridized carbons (Fsp3) is 0.368. The number of aliphatic hydroxyl groups excluding tert-OH is 1. The Labute approximate surface area is 141 Å². The molecule has 0 spiro atoms. The number of nitrogens with one attached hydrogen (secondary N) is 1. The molecule has 0 fully saturated rings. The molecule has 0 heterocycles. The van der Waals surface area contributed by atoms with Crippen LogP contribution < -0.4 is 11.1 Å². The Balaban J connectivity index is 2.09. The molecule has 24 heavy (non-hydrogen) atoms. The van der Waals surface area contributed by atoms with E-state index in [1.807, 2.05) is 56.3 Å². The van der Waals surface area contributed by atoms with Crippen molar-refractivity contribution in [2.75, 3.05) is 0 Å². The first kappa shape index (κ1) is 17.9.